The standard InChI is InChI=1S/C14H8FNO3/c15-10-6-2-4-8-12(10)16-11-7(13(8)17)3-1-5-9(11)14(18)19/h1-6H,(H,16,17)(H,18,19). The molecule has 3 rings (SSSR count). The number of hydrogen-bond acceptors (Lipinski definition) is 2. The molecule has 3 aromatic rings. The van der Waals surface area contributed by atoms with E-state index in [1.54, 1.807) is 0 Å². The fourth-order valence-corrected chi connectivity index (χ4v) is 2.16. The number of carboxylic acid groups (broad SMARTS) is 1. The maximum absolute atomic E-state index is 13.7. The molecule has 0 unspecified atom stereocenters. The molecular weight excluding hydrogens is 249 g/mol. The summed E-state index contributed by atoms with van der Waals surface area (Å²) in [5.74, 6) is -1.76. The smallest absolute Gasteiger partial charge is 0.337 e. The first kappa shape index (κ1) is 11.4. The number of aromatic carboxylic acids is 1. The van der Waals surface area contributed by atoms with Crippen molar-refractivity contribution in [2.24, 2.45) is 0 Å². The first-order valence-corrected chi connectivity index (χ1v) is 5.56. The molecule has 94 valence electrons. The third kappa shape index (κ3) is 1.59. The molecule has 0 bridgehead atoms. The van der Waals surface area contributed by atoms with Gasteiger partial charge in [-0.25, -0.2) is 9.18 Å². The molecule has 0 radical (unpaired) electrons. The Kier molecular flexibility index (Phi) is 2.35. The highest BCUT2D eigenvalue weighted by Crippen LogP contribution is 2.20. The second-order valence-corrected chi connectivity index (χ2v) is 4.15. The Hall–Kier alpha value is -2.69. The average molecular weight is 257 g/mol. The van der Waals surface area contributed by atoms with Crippen molar-refractivity contribution >= 4 is 27.8 Å². The van der Waals surface area contributed by atoms with Crippen LogP contribution >= 0.6 is 0 Å². The summed E-state index contributed by atoms with van der Waals surface area (Å²) in [5, 5.41) is 9.54. The van der Waals surface area contributed by atoms with E-state index >= 15 is 0 Å². The monoisotopic (exact) mass is 257 g/mol. The van der Waals surface area contributed by atoms with Crippen molar-refractivity contribution < 1.29 is 14.3 Å². The van der Waals surface area contributed by atoms with Gasteiger partial charge in [0.25, 0.3) is 0 Å². The van der Waals surface area contributed by atoms with Crippen LogP contribution in [0.25, 0.3) is 21.8 Å². The number of carbonyl (C=O) groups is 1. The molecule has 0 spiro atoms. The summed E-state index contributed by atoms with van der Waals surface area (Å²) in [5.41, 5.74) is -0.280. The van der Waals surface area contributed by atoms with E-state index in [2.05, 4.69) is 4.98 Å². The molecule has 5 heteroatoms. The minimum atomic E-state index is -1.17. The molecule has 0 aliphatic carbocycles. The minimum absolute atomic E-state index is 0.0219. The molecule has 0 amide bonds. The highest BCUT2D eigenvalue weighted by Gasteiger charge is 2.14. The lowest BCUT2D eigenvalue weighted by Gasteiger charge is -2.05. The molecule has 0 aliphatic heterocycles. The van der Waals surface area contributed by atoms with Crippen LogP contribution < -0.4 is 5.43 Å². The molecule has 0 fully saturated rings. The van der Waals surface area contributed by atoms with E-state index in [-0.39, 0.29) is 32.8 Å². The number of nitrogens with one attached hydrogen (secondary N) is 1. The molecule has 1 aromatic heterocycles. The van der Waals surface area contributed by atoms with Crippen LogP contribution in [0.15, 0.2) is 41.2 Å². The van der Waals surface area contributed by atoms with E-state index in [0.29, 0.717) is 0 Å². The number of H-pyrrole nitrogens is 1. The van der Waals surface area contributed by atoms with Gasteiger partial charge in [0.2, 0.25) is 0 Å². The predicted molar refractivity (Wildman–Crippen MR) is 69.0 cm³/mol. The number of halogens is 1. The van der Waals surface area contributed by atoms with E-state index in [0.717, 1.165) is 0 Å². The maximum Gasteiger partial charge on any atom is 0.337 e. The third-order valence-electron chi connectivity index (χ3n) is 3.05. The Morgan fingerprint density at radius 2 is 1.68 bits per heavy atom. The lowest BCUT2D eigenvalue weighted by atomic mass is 10.1. The van der Waals surface area contributed by atoms with Crippen LogP contribution in [0, 0.1) is 5.82 Å². The zero-order valence-corrected chi connectivity index (χ0v) is 9.61. The molecule has 0 aliphatic rings. The Morgan fingerprint density at radius 3 is 2.37 bits per heavy atom. The third-order valence-corrected chi connectivity index (χ3v) is 3.05. The van der Waals surface area contributed by atoms with Gasteiger partial charge in [0, 0.05) is 10.8 Å². The number of aromatic amines is 1. The van der Waals surface area contributed by atoms with E-state index in [1.807, 2.05) is 0 Å². The van der Waals surface area contributed by atoms with E-state index in [4.69, 9.17) is 5.11 Å². The highest BCUT2D eigenvalue weighted by molar-refractivity contribution is 6.04. The molecule has 1 heterocycles. The zero-order valence-electron chi connectivity index (χ0n) is 9.61. The van der Waals surface area contributed by atoms with Crippen LogP contribution in [0.3, 0.4) is 0 Å². The highest BCUT2D eigenvalue weighted by atomic mass is 19.1. The van der Waals surface area contributed by atoms with Crippen molar-refractivity contribution in [2.45, 2.75) is 0 Å². The number of para-hydroxylation sites is 2. The molecule has 19 heavy (non-hydrogen) atoms. The molecule has 2 N–H and O–H groups in total. The van der Waals surface area contributed by atoms with Gasteiger partial charge >= 0.3 is 5.97 Å². The fourth-order valence-electron chi connectivity index (χ4n) is 2.16. The number of pyridine rings is 1. The van der Waals surface area contributed by atoms with Gasteiger partial charge in [-0.3, -0.25) is 4.79 Å². The molecule has 2 aromatic carbocycles. The summed E-state index contributed by atoms with van der Waals surface area (Å²) in [4.78, 5) is 26.1. The van der Waals surface area contributed by atoms with Gasteiger partial charge in [0.1, 0.15) is 5.82 Å². The topological polar surface area (TPSA) is 70.2 Å². The van der Waals surface area contributed by atoms with Crippen LogP contribution in [0.5, 0.6) is 0 Å². The molecule has 4 nitrogen and oxygen atoms in total. The van der Waals surface area contributed by atoms with Gasteiger partial charge < -0.3 is 10.1 Å². The quantitative estimate of drug-likeness (QED) is 0.658. The van der Waals surface area contributed by atoms with Gasteiger partial charge in [-0.2, -0.15) is 0 Å². The van der Waals surface area contributed by atoms with Gasteiger partial charge in [-0.15, -0.1) is 0 Å². The number of fused-ring (bicyclic) bond motifs is 2. The Bertz CT molecular complexity index is 883. The number of hydrogen-bond donors (Lipinski definition) is 2. The SMILES string of the molecule is O=C(O)c1cccc2c(=O)c3cccc(F)c3[nH]c12. The van der Waals surface area contributed by atoms with E-state index in [9.17, 15) is 14.0 Å². The van der Waals surface area contributed by atoms with Gasteiger partial charge in [0.15, 0.2) is 5.43 Å². The number of carboxylic acids is 1. The summed E-state index contributed by atoms with van der Waals surface area (Å²) in [6.07, 6.45) is 0. The Labute approximate surface area is 106 Å². The predicted octanol–water partition coefficient (Wildman–Crippen LogP) is 2.52. The summed E-state index contributed by atoms with van der Waals surface area (Å²) >= 11 is 0. The number of rotatable bonds is 1. The van der Waals surface area contributed by atoms with Crippen molar-refractivity contribution in [2.75, 3.05) is 0 Å². The van der Waals surface area contributed by atoms with Gasteiger partial charge in [0.05, 0.1) is 16.6 Å². The van der Waals surface area contributed by atoms with Gasteiger partial charge in [-0.05, 0) is 24.3 Å². The lowest BCUT2D eigenvalue weighted by molar-refractivity contribution is 0.0699. The fraction of sp³-hybridized carbons (Fsp3) is 0. The first-order valence-electron chi connectivity index (χ1n) is 5.56. The van der Waals surface area contributed by atoms with Crippen LogP contribution in [0.2, 0.25) is 0 Å². The summed E-state index contributed by atoms with van der Waals surface area (Å²) in [7, 11) is 0. The second kappa shape index (κ2) is 3.91. The number of aromatic nitrogens is 1. The Morgan fingerprint density at radius 1 is 1.05 bits per heavy atom. The molecule has 0 atom stereocenters. The van der Waals surface area contributed by atoms with Crippen molar-refractivity contribution in [3.63, 3.8) is 0 Å². The van der Waals surface area contributed by atoms with Crippen LogP contribution in [-0.2, 0) is 0 Å². The summed E-state index contributed by atoms with van der Waals surface area (Å²) < 4.78 is 13.7. The molecular formula is C14H8FNO3. The molecule has 0 saturated carbocycles. The van der Waals surface area contributed by atoms with Crippen LogP contribution in [0.1, 0.15) is 10.4 Å². The minimum Gasteiger partial charge on any atom is -0.478 e. The van der Waals surface area contributed by atoms with Crippen molar-refractivity contribution in [3.05, 3.63) is 58.0 Å². The number of benzene rings is 2. The largest absolute Gasteiger partial charge is 0.478 e. The van der Waals surface area contributed by atoms with E-state index < -0.39 is 11.8 Å². The van der Waals surface area contributed by atoms with Crippen molar-refractivity contribution in [3.8, 4) is 0 Å². The summed E-state index contributed by atoms with van der Waals surface area (Å²) in [6, 6.07) is 8.54. The zero-order chi connectivity index (χ0) is 13.6. The normalized spacial score (nSPS) is 11.0. The second-order valence-electron chi connectivity index (χ2n) is 4.15. The summed E-state index contributed by atoms with van der Waals surface area (Å²) in [6.45, 7) is 0. The van der Waals surface area contributed by atoms with Crippen LogP contribution in [0.4, 0.5) is 4.39 Å². The first-order chi connectivity index (χ1) is 9.09. The average Bonchev–Trinajstić information content (AvgIpc) is 2.39. The van der Waals surface area contributed by atoms with E-state index in [1.165, 1.54) is 36.4 Å². The van der Waals surface area contributed by atoms with Gasteiger partial charge in [-0.1, -0.05) is 12.1 Å². The van der Waals surface area contributed by atoms with Crippen molar-refractivity contribution in [1.82, 2.24) is 4.98 Å². The Balaban J connectivity index is 2.62. The van der Waals surface area contributed by atoms with Crippen LogP contribution in [-0.4, -0.2) is 16.1 Å². The lowest BCUT2D eigenvalue weighted by Crippen LogP contribution is -2.08. The molecule has 0 saturated heterocycles. The van der Waals surface area contributed by atoms with Crippen molar-refractivity contribution in [1.29, 1.82) is 0 Å². The maximum atomic E-state index is 13.7.